The van der Waals surface area contributed by atoms with Gasteiger partial charge >= 0.3 is 0 Å². The van der Waals surface area contributed by atoms with Gasteiger partial charge in [-0.1, -0.05) is 35.9 Å². The minimum Gasteiger partial charge on any atom is -0.467 e. The molecule has 9 heteroatoms. The van der Waals surface area contributed by atoms with Crippen LogP contribution in [-0.2, 0) is 11.3 Å². The summed E-state index contributed by atoms with van der Waals surface area (Å²) in [6.45, 7) is 2.11. The van der Waals surface area contributed by atoms with E-state index in [2.05, 4.69) is 15.1 Å². The number of rotatable bonds is 6. The van der Waals surface area contributed by atoms with Crippen molar-refractivity contribution >= 4 is 34.1 Å². The fourth-order valence-corrected chi connectivity index (χ4v) is 4.32. The van der Waals surface area contributed by atoms with Gasteiger partial charge in [0.15, 0.2) is 0 Å². The number of fused-ring (bicyclic) bond motifs is 1. The van der Waals surface area contributed by atoms with Crippen LogP contribution in [0.3, 0.4) is 0 Å². The Labute approximate surface area is 206 Å². The number of halogens is 1. The van der Waals surface area contributed by atoms with Gasteiger partial charge in [-0.3, -0.25) is 14.5 Å². The molecule has 3 heterocycles. The number of nitrogens with zero attached hydrogens (tertiary/aromatic N) is 4. The summed E-state index contributed by atoms with van der Waals surface area (Å²) in [5, 5.41) is 7.36. The van der Waals surface area contributed by atoms with Crippen molar-refractivity contribution in [3.05, 3.63) is 99.5 Å². The van der Waals surface area contributed by atoms with Crippen LogP contribution in [0.1, 0.15) is 36.5 Å². The van der Waals surface area contributed by atoms with E-state index in [1.165, 1.54) is 5.01 Å². The van der Waals surface area contributed by atoms with Gasteiger partial charge in [-0.25, -0.2) is 9.99 Å². The van der Waals surface area contributed by atoms with E-state index in [0.29, 0.717) is 40.5 Å². The molecular formula is C26H24ClN5O3. The lowest BCUT2D eigenvalue weighted by Crippen LogP contribution is -2.43. The average molecular weight is 490 g/mol. The van der Waals surface area contributed by atoms with Crippen LogP contribution >= 0.6 is 11.6 Å². The van der Waals surface area contributed by atoms with Gasteiger partial charge < -0.3 is 9.40 Å². The molecule has 35 heavy (non-hydrogen) atoms. The molecule has 0 spiro atoms. The quantitative estimate of drug-likeness (QED) is 0.434. The van der Waals surface area contributed by atoms with Crippen LogP contribution in [0.4, 0.5) is 0 Å². The van der Waals surface area contributed by atoms with E-state index in [0.717, 1.165) is 11.3 Å². The van der Waals surface area contributed by atoms with E-state index in [1.54, 1.807) is 42.7 Å². The Hall–Kier alpha value is -3.75. The molecule has 2 atom stereocenters. The molecule has 1 amide bonds. The summed E-state index contributed by atoms with van der Waals surface area (Å²) < 4.78 is 5.64. The van der Waals surface area contributed by atoms with Crippen molar-refractivity contribution in [3.8, 4) is 0 Å². The largest absolute Gasteiger partial charge is 0.467 e. The Morgan fingerprint density at radius 3 is 2.71 bits per heavy atom. The van der Waals surface area contributed by atoms with Crippen LogP contribution in [-0.4, -0.2) is 44.6 Å². The summed E-state index contributed by atoms with van der Waals surface area (Å²) in [7, 11) is 1.82. The first-order valence-corrected chi connectivity index (χ1v) is 11.7. The third-order valence-corrected chi connectivity index (χ3v) is 6.52. The first kappa shape index (κ1) is 23.0. The van der Waals surface area contributed by atoms with Crippen molar-refractivity contribution in [2.75, 3.05) is 7.05 Å². The highest BCUT2D eigenvalue weighted by molar-refractivity contribution is 6.30. The molecule has 5 rings (SSSR count). The first-order chi connectivity index (χ1) is 16.9. The number of nitrogens with one attached hydrogen (secondary N) is 1. The monoisotopic (exact) mass is 489 g/mol. The Balaban J connectivity index is 1.39. The summed E-state index contributed by atoms with van der Waals surface area (Å²) in [5.41, 5.74) is 2.10. The third kappa shape index (κ3) is 4.62. The van der Waals surface area contributed by atoms with E-state index in [1.807, 2.05) is 43.1 Å². The van der Waals surface area contributed by atoms with Crippen molar-refractivity contribution in [3.63, 3.8) is 0 Å². The van der Waals surface area contributed by atoms with Crippen molar-refractivity contribution in [2.24, 2.45) is 5.10 Å². The molecule has 0 bridgehead atoms. The van der Waals surface area contributed by atoms with Crippen LogP contribution in [0.5, 0.6) is 0 Å². The number of H-pyrrole nitrogens is 1. The number of aromatic amines is 1. The normalized spacial score (nSPS) is 16.6. The molecule has 0 saturated carbocycles. The zero-order valence-electron chi connectivity index (χ0n) is 19.3. The summed E-state index contributed by atoms with van der Waals surface area (Å²) in [6, 6.07) is 17.3. The molecule has 0 unspecified atom stereocenters. The SMILES string of the molecule is C[C@@H](C(=O)N1N=C(c2ccc(Cl)cc2)C[C@@H]1c1ccco1)N(C)Cc1nc2ccccc2c(=O)[nH]1. The van der Waals surface area contributed by atoms with Crippen molar-refractivity contribution < 1.29 is 9.21 Å². The van der Waals surface area contributed by atoms with Gasteiger partial charge in [-0.15, -0.1) is 0 Å². The van der Waals surface area contributed by atoms with E-state index < -0.39 is 6.04 Å². The Morgan fingerprint density at radius 2 is 1.97 bits per heavy atom. The van der Waals surface area contributed by atoms with Gasteiger partial charge in [0.05, 0.1) is 35.5 Å². The molecular weight excluding hydrogens is 466 g/mol. The second-order valence-electron chi connectivity index (χ2n) is 8.59. The molecule has 1 aliphatic rings. The van der Waals surface area contributed by atoms with E-state index in [9.17, 15) is 9.59 Å². The number of carbonyl (C=O) groups excluding carboxylic acids is 1. The zero-order valence-corrected chi connectivity index (χ0v) is 20.1. The van der Waals surface area contributed by atoms with Crippen LogP contribution in [0, 0.1) is 0 Å². The first-order valence-electron chi connectivity index (χ1n) is 11.3. The smallest absolute Gasteiger partial charge is 0.260 e. The Morgan fingerprint density at radius 1 is 1.20 bits per heavy atom. The Kier molecular flexibility index (Phi) is 6.23. The second kappa shape index (κ2) is 9.48. The van der Waals surface area contributed by atoms with Crippen LogP contribution in [0.2, 0.25) is 5.02 Å². The zero-order chi connectivity index (χ0) is 24.5. The highest BCUT2D eigenvalue weighted by atomic mass is 35.5. The fourth-order valence-electron chi connectivity index (χ4n) is 4.20. The number of aromatic nitrogens is 2. The predicted octanol–water partition coefficient (Wildman–Crippen LogP) is 4.37. The van der Waals surface area contributed by atoms with Crippen molar-refractivity contribution in [1.82, 2.24) is 19.9 Å². The molecule has 1 N–H and O–H groups in total. The van der Waals surface area contributed by atoms with Gasteiger partial charge in [-0.2, -0.15) is 5.10 Å². The second-order valence-corrected chi connectivity index (χ2v) is 9.03. The summed E-state index contributed by atoms with van der Waals surface area (Å²) in [6.07, 6.45) is 2.12. The highest BCUT2D eigenvalue weighted by Crippen LogP contribution is 2.34. The molecule has 0 radical (unpaired) electrons. The van der Waals surface area contributed by atoms with Crippen LogP contribution in [0.15, 0.2) is 81.2 Å². The van der Waals surface area contributed by atoms with Gasteiger partial charge in [0.1, 0.15) is 17.6 Å². The summed E-state index contributed by atoms with van der Waals surface area (Å²) in [5.74, 6) is 0.979. The van der Waals surface area contributed by atoms with Crippen LogP contribution < -0.4 is 5.56 Å². The van der Waals surface area contributed by atoms with E-state index in [4.69, 9.17) is 16.0 Å². The number of hydrogen-bond acceptors (Lipinski definition) is 6. The van der Waals surface area contributed by atoms with Gasteiger partial charge in [0.2, 0.25) is 0 Å². The number of likely N-dealkylation sites (N-methyl/N-ethyl adjacent to an activating group) is 1. The number of furan rings is 1. The van der Waals surface area contributed by atoms with Crippen LogP contribution in [0.25, 0.3) is 10.9 Å². The van der Waals surface area contributed by atoms with Gasteiger partial charge in [0, 0.05) is 11.4 Å². The molecule has 1 aliphatic heterocycles. The van der Waals surface area contributed by atoms with E-state index >= 15 is 0 Å². The molecule has 2 aromatic heterocycles. The minimum absolute atomic E-state index is 0.180. The third-order valence-electron chi connectivity index (χ3n) is 6.26. The number of carbonyl (C=O) groups is 1. The number of hydrazone groups is 1. The van der Waals surface area contributed by atoms with Gasteiger partial charge in [0.25, 0.3) is 11.5 Å². The lowest BCUT2D eigenvalue weighted by Gasteiger charge is -2.28. The van der Waals surface area contributed by atoms with Crippen molar-refractivity contribution in [1.29, 1.82) is 0 Å². The van der Waals surface area contributed by atoms with Gasteiger partial charge in [-0.05, 0) is 55.9 Å². The molecule has 8 nitrogen and oxygen atoms in total. The molecule has 178 valence electrons. The predicted molar refractivity (Wildman–Crippen MR) is 134 cm³/mol. The fraction of sp³-hybridized carbons (Fsp3) is 0.231. The summed E-state index contributed by atoms with van der Waals surface area (Å²) in [4.78, 5) is 35.3. The average Bonchev–Trinajstić information content (AvgIpc) is 3.54. The highest BCUT2D eigenvalue weighted by Gasteiger charge is 2.37. The molecule has 4 aromatic rings. The molecule has 0 aliphatic carbocycles. The minimum atomic E-state index is -0.530. The lowest BCUT2D eigenvalue weighted by molar-refractivity contribution is -0.138. The lowest BCUT2D eigenvalue weighted by atomic mass is 10.0. The maximum absolute atomic E-state index is 13.6. The summed E-state index contributed by atoms with van der Waals surface area (Å²) >= 11 is 6.04. The topological polar surface area (TPSA) is 94.8 Å². The number of hydrogen-bond donors (Lipinski definition) is 1. The molecule has 0 saturated heterocycles. The molecule has 2 aromatic carbocycles. The standard InChI is InChI=1S/C26H24ClN5O3/c1-16(31(2)15-24-28-20-7-4-3-6-19(20)25(33)29-24)26(34)32-22(23-8-5-13-35-23)14-21(30-32)17-9-11-18(27)12-10-17/h3-13,16,22H,14-15H2,1-2H3,(H,28,29,33)/t16-,22+/m0/s1. The van der Waals surface area contributed by atoms with E-state index in [-0.39, 0.29) is 17.5 Å². The number of para-hydroxylation sites is 1. The number of amides is 1. The Bertz CT molecular complexity index is 1450. The maximum atomic E-state index is 13.6. The van der Waals surface area contributed by atoms with Crippen molar-refractivity contribution in [2.45, 2.75) is 32.0 Å². The number of benzene rings is 2. The maximum Gasteiger partial charge on any atom is 0.260 e. The molecule has 0 fully saturated rings.